The highest BCUT2D eigenvalue weighted by atomic mass is 32.2. The van der Waals surface area contributed by atoms with Gasteiger partial charge in [-0.1, -0.05) is 11.8 Å². The van der Waals surface area contributed by atoms with Gasteiger partial charge in [0.1, 0.15) is 10.8 Å². The van der Waals surface area contributed by atoms with Crippen molar-refractivity contribution in [1.29, 1.82) is 0 Å². The lowest BCUT2D eigenvalue weighted by Crippen LogP contribution is -1.93. The van der Waals surface area contributed by atoms with E-state index in [4.69, 9.17) is 10.5 Å². The van der Waals surface area contributed by atoms with Gasteiger partial charge in [-0.05, 0) is 23.8 Å². The molecular weight excluding hydrogens is 304 g/mol. The predicted molar refractivity (Wildman–Crippen MR) is 84.7 cm³/mol. The van der Waals surface area contributed by atoms with E-state index in [0.29, 0.717) is 6.54 Å². The van der Waals surface area contributed by atoms with E-state index < -0.39 is 0 Å². The molecule has 0 spiro atoms. The van der Waals surface area contributed by atoms with Gasteiger partial charge in [0.2, 0.25) is 0 Å². The molecule has 0 bridgehead atoms. The van der Waals surface area contributed by atoms with Crippen molar-refractivity contribution < 1.29 is 4.74 Å². The van der Waals surface area contributed by atoms with E-state index in [-0.39, 0.29) is 0 Å². The molecule has 5 nitrogen and oxygen atoms in total. The highest BCUT2D eigenvalue weighted by Crippen LogP contribution is 2.36. The zero-order valence-electron chi connectivity index (χ0n) is 11.4. The lowest BCUT2D eigenvalue weighted by molar-refractivity contribution is 0.414. The van der Waals surface area contributed by atoms with Gasteiger partial charge in [0.15, 0.2) is 0 Å². The Morgan fingerprint density at radius 1 is 1.29 bits per heavy atom. The number of thiazole rings is 1. The second-order valence-electron chi connectivity index (χ2n) is 4.26. The molecule has 0 atom stereocenters. The fourth-order valence-electron chi connectivity index (χ4n) is 1.88. The summed E-state index contributed by atoms with van der Waals surface area (Å²) in [5.74, 6) is 0.819. The largest absolute Gasteiger partial charge is 0.497 e. The Kier molecular flexibility index (Phi) is 4.23. The molecule has 3 aromatic rings. The highest BCUT2D eigenvalue weighted by molar-refractivity contribution is 8.01. The molecule has 0 saturated heterocycles. The Morgan fingerprint density at radius 2 is 2.19 bits per heavy atom. The number of H-pyrrole nitrogens is 1. The molecule has 0 aliphatic carbocycles. The Hall–Kier alpha value is -1.83. The van der Waals surface area contributed by atoms with Gasteiger partial charge in [-0.25, -0.2) is 4.98 Å². The van der Waals surface area contributed by atoms with E-state index in [1.165, 1.54) is 0 Å². The van der Waals surface area contributed by atoms with Gasteiger partial charge in [0, 0.05) is 23.2 Å². The number of nitrogens with zero attached hydrogens (tertiary/aromatic N) is 2. The van der Waals surface area contributed by atoms with Crippen LogP contribution in [0.25, 0.3) is 11.1 Å². The first-order chi connectivity index (χ1) is 10.3. The van der Waals surface area contributed by atoms with Gasteiger partial charge in [-0.15, -0.1) is 11.3 Å². The zero-order valence-corrected chi connectivity index (χ0v) is 13.0. The Bertz CT molecular complexity index is 724. The molecule has 108 valence electrons. The van der Waals surface area contributed by atoms with Crippen LogP contribution in [0.15, 0.2) is 45.9 Å². The molecule has 0 unspecified atom stereocenters. The van der Waals surface area contributed by atoms with Gasteiger partial charge >= 0.3 is 0 Å². The molecule has 2 aromatic heterocycles. The summed E-state index contributed by atoms with van der Waals surface area (Å²) < 4.78 is 6.49. The Morgan fingerprint density at radius 3 is 2.86 bits per heavy atom. The van der Waals surface area contributed by atoms with Crippen molar-refractivity contribution in [1.82, 2.24) is 15.2 Å². The number of hydrogen-bond donors (Lipinski definition) is 2. The number of aromatic nitrogens is 3. The third-order valence-corrected chi connectivity index (χ3v) is 4.97. The zero-order chi connectivity index (χ0) is 14.7. The molecule has 0 aliphatic heterocycles. The summed E-state index contributed by atoms with van der Waals surface area (Å²) in [6.07, 6.45) is 5.51. The van der Waals surface area contributed by atoms with Crippen LogP contribution in [0, 0.1) is 0 Å². The number of methoxy groups -OCH3 is 1. The maximum absolute atomic E-state index is 5.60. The van der Waals surface area contributed by atoms with Crippen LogP contribution in [0.1, 0.15) is 5.01 Å². The standard InChI is InChI=1S/C14H14N4OS2/c1-19-11-2-9(10-6-17-18-7-10)3-12(4-11)20-14-8-16-13(5-15)21-14/h2-4,6-8H,5,15H2,1H3,(H,17,18). The lowest BCUT2D eigenvalue weighted by atomic mass is 10.1. The normalized spacial score (nSPS) is 10.8. The monoisotopic (exact) mass is 318 g/mol. The second kappa shape index (κ2) is 6.30. The quantitative estimate of drug-likeness (QED) is 0.755. The molecule has 0 amide bonds. The Labute approximate surface area is 130 Å². The van der Waals surface area contributed by atoms with E-state index in [1.807, 2.05) is 24.5 Å². The molecule has 0 radical (unpaired) electrons. The number of hydrogen-bond acceptors (Lipinski definition) is 6. The van der Waals surface area contributed by atoms with Crippen LogP contribution >= 0.6 is 23.1 Å². The topological polar surface area (TPSA) is 76.8 Å². The maximum atomic E-state index is 5.60. The summed E-state index contributed by atoms with van der Waals surface area (Å²) in [6, 6.07) is 6.11. The molecule has 0 saturated carbocycles. The van der Waals surface area contributed by atoms with Crippen LogP contribution < -0.4 is 10.5 Å². The number of nitrogens with one attached hydrogen (secondary N) is 1. The minimum atomic E-state index is 0.476. The van der Waals surface area contributed by atoms with Crippen LogP contribution in [-0.2, 0) is 6.54 Å². The fourth-order valence-corrected chi connectivity index (χ4v) is 3.84. The minimum Gasteiger partial charge on any atom is -0.497 e. The van der Waals surface area contributed by atoms with Crippen molar-refractivity contribution in [2.45, 2.75) is 15.6 Å². The molecule has 21 heavy (non-hydrogen) atoms. The minimum absolute atomic E-state index is 0.476. The summed E-state index contributed by atoms with van der Waals surface area (Å²) >= 11 is 3.27. The van der Waals surface area contributed by atoms with Gasteiger partial charge < -0.3 is 10.5 Å². The number of aromatic amines is 1. The van der Waals surface area contributed by atoms with E-state index in [2.05, 4.69) is 21.2 Å². The summed E-state index contributed by atoms with van der Waals surface area (Å²) in [5.41, 5.74) is 7.69. The second-order valence-corrected chi connectivity index (χ2v) is 6.75. The SMILES string of the molecule is COc1cc(Sc2cnc(CN)s2)cc(-c2cn[nH]c2)c1. The molecule has 2 heterocycles. The van der Waals surface area contributed by atoms with Crippen LogP contribution in [0.2, 0.25) is 0 Å². The molecule has 3 N–H and O–H groups in total. The van der Waals surface area contributed by atoms with Gasteiger partial charge in [0.25, 0.3) is 0 Å². The maximum Gasteiger partial charge on any atom is 0.120 e. The van der Waals surface area contributed by atoms with Crippen molar-refractivity contribution in [2.75, 3.05) is 7.11 Å². The third kappa shape index (κ3) is 3.26. The van der Waals surface area contributed by atoms with Crippen LogP contribution in [0.3, 0.4) is 0 Å². The highest BCUT2D eigenvalue weighted by Gasteiger charge is 2.08. The first kappa shape index (κ1) is 14.1. The number of benzene rings is 1. The number of ether oxygens (including phenoxy) is 1. The van der Waals surface area contributed by atoms with Gasteiger partial charge in [-0.3, -0.25) is 5.10 Å². The molecule has 7 heteroatoms. The first-order valence-corrected chi connectivity index (χ1v) is 7.92. The average Bonchev–Trinajstić information content (AvgIpc) is 3.18. The predicted octanol–water partition coefficient (Wildman–Crippen LogP) is 3.15. The first-order valence-electron chi connectivity index (χ1n) is 6.29. The Balaban J connectivity index is 1.92. The molecular formula is C14H14N4OS2. The number of nitrogens with two attached hydrogens (primary N) is 1. The summed E-state index contributed by atoms with van der Waals surface area (Å²) in [6.45, 7) is 0.476. The molecule has 0 aliphatic rings. The van der Waals surface area contributed by atoms with Crippen molar-refractivity contribution in [3.63, 3.8) is 0 Å². The van der Waals surface area contributed by atoms with Gasteiger partial charge in [0.05, 0.1) is 23.7 Å². The molecule has 3 rings (SSSR count). The smallest absolute Gasteiger partial charge is 0.120 e. The van der Waals surface area contributed by atoms with Crippen molar-refractivity contribution >= 4 is 23.1 Å². The summed E-state index contributed by atoms with van der Waals surface area (Å²) in [5, 5.41) is 7.75. The summed E-state index contributed by atoms with van der Waals surface area (Å²) in [4.78, 5) is 5.37. The lowest BCUT2D eigenvalue weighted by Gasteiger charge is -2.07. The molecule has 1 aromatic carbocycles. The van der Waals surface area contributed by atoms with E-state index in [0.717, 1.165) is 31.0 Å². The van der Waals surface area contributed by atoms with Crippen LogP contribution in [-0.4, -0.2) is 22.3 Å². The van der Waals surface area contributed by atoms with Crippen molar-refractivity contribution in [2.24, 2.45) is 5.73 Å². The van der Waals surface area contributed by atoms with E-state index >= 15 is 0 Å². The molecule has 0 fully saturated rings. The van der Waals surface area contributed by atoms with Crippen LogP contribution in [0.5, 0.6) is 5.75 Å². The van der Waals surface area contributed by atoms with Gasteiger partial charge in [-0.2, -0.15) is 5.10 Å². The fraction of sp³-hybridized carbons (Fsp3) is 0.143. The third-order valence-electron chi connectivity index (χ3n) is 2.87. The average molecular weight is 318 g/mol. The number of rotatable bonds is 5. The van der Waals surface area contributed by atoms with E-state index in [1.54, 1.807) is 36.4 Å². The van der Waals surface area contributed by atoms with Crippen molar-refractivity contribution in [3.05, 3.63) is 41.8 Å². The van der Waals surface area contributed by atoms with Crippen molar-refractivity contribution in [3.8, 4) is 16.9 Å². The van der Waals surface area contributed by atoms with Crippen LogP contribution in [0.4, 0.5) is 0 Å². The summed E-state index contributed by atoms with van der Waals surface area (Å²) in [7, 11) is 1.67. The van der Waals surface area contributed by atoms with E-state index in [9.17, 15) is 0 Å².